The van der Waals surface area contributed by atoms with Gasteiger partial charge in [0.1, 0.15) is 10.6 Å². The molecule has 7 rings (SSSR count). The number of hydrazone groups is 1. The summed E-state index contributed by atoms with van der Waals surface area (Å²) in [7, 11) is 1.36. The molecule has 14 heteroatoms. The van der Waals surface area contributed by atoms with E-state index in [1.54, 1.807) is 28.8 Å². The van der Waals surface area contributed by atoms with Crippen molar-refractivity contribution in [2.75, 3.05) is 12.9 Å². The van der Waals surface area contributed by atoms with Crippen LogP contribution in [0.4, 0.5) is 13.2 Å². The van der Waals surface area contributed by atoms with E-state index in [-0.39, 0.29) is 41.1 Å². The highest BCUT2D eigenvalue weighted by Crippen LogP contribution is 2.39. The Hall–Kier alpha value is -4.92. The molecule has 0 N–H and O–H groups in total. The van der Waals surface area contributed by atoms with Crippen molar-refractivity contribution >= 4 is 56.3 Å². The number of nitrogens with zero attached hydrogens (tertiary/aromatic N) is 4. The van der Waals surface area contributed by atoms with Gasteiger partial charge in [-0.25, -0.2) is 14.4 Å². The molecule has 4 heterocycles. The second-order valence-electron chi connectivity index (χ2n) is 11.2. The minimum atomic E-state index is -3.03. The van der Waals surface area contributed by atoms with Crippen LogP contribution in [0.3, 0.4) is 0 Å². The second-order valence-corrected chi connectivity index (χ2v) is 13.9. The summed E-state index contributed by atoms with van der Waals surface area (Å²) in [5, 5.41) is 10.7. The van der Waals surface area contributed by atoms with Gasteiger partial charge in [-0.2, -0.15) is 13.9 Å². The topological polar surface area (TPSA) is 86.0 Å². The average Bonchev–Trinajstić information content (AvgIpc) is 3.90. The van der Waals surface area contributed by atoms with Gasteiger partial charge < -0.3 is 9.47 Å². The Labute approximate surface area is 296 Å². The summed E-state index contributed by atoms with van der Waals surface area (Å²) in [6.07, 6.45) is 0.388. The van der Waals surface area contributed by atoms with Gasteiger partial charge in [0.15, 0.2) is 16.7 Å². The van der Waals surface area contributed by atoms with Gasteiger partial charge in [0.25, 0.3) is 11.5 Å². The molecule has 3 aromatic heterocycles. The Morgan fingerprint density at radius 1 is 1.02 bits per heavy atom. The van der Waals surface area contributed by atoms with Gasteiger partial charge in [-0.1, -0.05) is 66.4 Å². The standard InChI is InChI=1S/C36H27F3N4O4S3/c1-46-29-16-23(11-14-28(29)47-35(38)39)27-17-26(30-8-5-15-48-30)41-43(27)31(44)20-50-36-40-33-32(25(19-49-33)22-9-12-24(37)13-10-22)34(45)42(36)18-21-6-3-2-4-7-21/h2-16,19,27,35H,17-18,20H2,1H3. The van der Waals surface area contributed by atoms with E-state index in [1.165, 1.54) is 53.0 Å². The van der Waals surface area contributed by atoms with E-state index in [0.29, 0.717) is 44.2 Å². The van der Waals surface area contributed by atoms with Crippen molar-refractivity contribution in [1.82, 2.24) is 14.6 Å². The fraction of sp³-hybridized carbons (Fsp3) is 0.167. The number of ether oxygens (including phenoxy) is 2. The number of hydrogen-bond donors (Lipinski definition) is 0. The van der Waals surface area contributed by atoms with Crippen molar-refractivity contribution in [2.45, 2.75) is 30.8 Å². The molecule has 1 aliphatic rings. The molecule has 0 aliphatic carbocycles. The molecule has 1 atom stereocenters. The molecular weight excluding hydrogens is 706 g/mol. The summed E-state index contributed by atoms with van der Waals surface area (Å²) in [6.45, 7) is -2.81. The molecular formula is C36H27F3N4O4S3. The Kier molecular flexibility index (Phi) is 9.74. The van der Waals surface area contributed by atoms with Crippen molar-refractivity contribution in [2.24, 2.45) is 5.10 Å². The zero-order valence-electron chi connectivity index (χ0n) is 26.3. The summed E-state index contributed by atoms with van der Waals surface area (Å²) in [5.41, 5.74) is 3.30. The smallest absolute Gasteiger partial charge is 0.387 e. The zero-order valence-corrected chi connectivity index (χ0v) is 28.7. The van der Waals surface area contributed by atoms with Crippen LogP contribution in [0.1, 0.15) is 28.5 Å². The molecule has 0 bridgehead atoms. The molecule has 0 saturated carbocycles. The predicted molar refractivity (Wildman–Crippen MR) is 190 cm³/mol. The van der Waals surface area contributed by atoms with Crippen LogP contribution in [-0.2, 0) is 11.3 Å². The van der Waals surface area contributed by atoms with E-state index in [9.17, 15) is 22.8 Å². The van der Waals surface area contributed by atoms with E-state index < -0.39 is 12.7 Å². The van der Waals surface area contributed by atoms with Crippen LogP contribution >= 0.6 is 34.4 Å². The van der Waals surface area contributed by atoms with Gasteiger partial charge in [-0.15, -0.1) is 22.7 Å². The van der Waals surface area contributed by atoms with E-state index in [2.05, 4.69) is 4.74 Å². The number of carbonyl (C=O) groups excluding carboxylic acids is 1. The number of carbonyl (C=O) groups is 1. The van der Waals surface area contributed by atoms with Gasteiger partial charge >= 0.3 is 6.61 Å². The lowest BCUT2D eigenvalue weighted by atomic mass is 10.0. The molecule has 8 nitrogen and oxygen atoms in total. The molecule has 6 aromatic rings. The maximum absolute atomic E-state index is 14.2. The monoisotopic (exact) mass is 732 g/mol. The van der Waals surface area contributed by atoms with Crippen LogP contribution < -0.4 is 15.0 Å². The lowest BCUT2D eigenvalue weighted by molar-refractivity contribution is -0.130. The van der Waals surface area contributed by atoms with Crippen molar-refractivity contribution in [3.8, 4) is 22.6 Å². The third-order valence-corrected chi connectivity index (χ3v) is 10.8. The minimum Gasteiger partial charge on any atom is -0.493 e. The predicted octanol–water partition coefficient (Wildman–Crippen LogP) is 8.45. The van der Waals surface area contributed by atoms with Crippen LogP contribution in [0, 0.1) is 5.82 Å². The highest BCUT2D eigenvalue weighted by Gasteiger charge is 2.34. The third kappa shape index (κ3) is 6.91. The second kappa shape index (κ2) is 14.5. The first-order valence-corrected chi connectivity index (χ1v) is 18.0. The number of methoxy groups -OCH3 is 1. The molecule has 0 saturated heterocycles. The largest absolute Gasteiger partial charge is 0.493 e. The van der Waals surface area contributed by atoms with Crippen molar-refractivity contribution in [1.29, 1.82) is 0 Å². The third-order valence-electron chi connectivity index (χ3n) is 8.08. The fourth-order valence-electron chi connectivity index (χ4n) is 5.73. The van der Waals surface area contributed by atoms with Crippen molar-refractivity contribution < 1.29 is 27.4 Å². The van der Waals surface area contributed by atoms with Gasteiger partial charge in [0.05, 0.1) is 41.4 Å². The van der Waals surface area contributed by atoms with Crippen LogP contribution in [0.25, 0.3) is 21.3 Å². The van der Waals surface area contributed by atoms with Crippen molar-refractivity contribution in [3.05, 3.63) is 128 Å². The lowest BCUT2D eigenvalue weighted by Gasteiger charge is -2.23. The fourth-order valence-corrected chi connectivity index (χ4v) is 8.29. The SMILES string of the molecule is COc1cc(C2CC(c3cccs3)=NN2C(=O)CSc2nc3scc(-c4ccc(F)cc4)c3c(=O)n2Cc2ccccc2)ccc1OC(F)F. The number of alkyl halides is 2. The van der Waals surface area contributed by atoms with E-state index in [1.807, 2.05) is 53.2 Å². The Bertz CT molecular complexity index is 2240. The molecule has 3 aromatic carbocycles. The number of benzene rings is 3. The van der Waals surface area contributed by atoms with Gasteiger partial charge in [-0.3, -0.25) is 14.2 Å². The Morgan fingerprint density at radius 3 is 2.54 bits per heavy atom. The number of amides is 1. The number of rotatable bonds is 11. The highest BCUT2D eigenvalue weighted by molar-refractivity contribution is 7.99. The van der Waals surface area contributed by atoms with Crippen LogP contribution in [0.2, 0.25) is 0 Å². The molecule has 1 unspecified atom stereocenters. The van der Waals surface area contributed by atoms with Gasteiger partial charge in [0, 0.05) is 17.4 Å². The molecule has 1 aliphatic heterocycles. The molecule has 1 amide bonds. The molecule has 50 heavy (non-hydrogen) atoms. The Balaban J connectivity index is 1.22. The lowest BCUT2D eigenvalue weighted by Crippen LogP contribution is -2.29. The summed E-state index contributed by atoms with van der Waals surface area (Å²) < 4.78 is 51.2. The van der Waals surface area contributed by atoms with Crippen LogP contribution in [-0.4, -0.2) is 45.7 Å². The molecule has 0 fully saturated rings. The summed E-state index contributed by atoms with van der Waals surface area (Å²) in [6, 6.07) is 23.3. The average molecular weight is 733 g/mol. The minimum absolute atomic E-state index is 0.0929. The first-order chi connectivity index (χ1) is 24.3. The van der Waals surface area contributed by atoms with Crippen molar-refractivity contribution in [3.63, 3.8) is 0 Å². The van der Waals surface area contributed by atoms with Crippen LogP contribution in [0.15, 0.2) is 111 Å². The summed E-state index contributed by atoms with van der Waals surface area (Å²) >= 11 is 3.93. The maximum Gasteiger partial charge on any atom is 0.387 e. The Morgan fingerprint density at radius 2 is 1.82 bits per heavy atom. The summed E-state index contributed by atoms with van der Waals surface area (Å²) in [4.78, 5) is 34.5. The van der Waals surface area contributed by atoms with E-state index >= 15 is 0 Å². The number of halogens is 3. The number of thioether (sulfide) groups is 1. The number of hydrogen-bond acceptors (Lipinski definition) is 9. The van der Waals surface area contributed by atoms with E-state index in [0.717, 1.165) is 22.2 Å². The molecule has 254 valence electrons. The number of thiophene rings is 2. The molecule has 0 spiro atoms. The first-order valence-electron chi connectivity index (χ1n) is 15.3. The van der Waals surface area contributed by atoms with Gasteiger partial charge in [0.2, 0.25) is 0 Å². The zero-order chi connectivity index (χ0) is 34.8. The first kappa shape index (κ1) is 33.6. The summed E-state index contributed by atoms with van der Waals surface area (Å²) in [5.74, 6) is -0.819. The quantitative estimate of drug-likeness (QED) is 0.0982. The number of fused-ring (bicyclic) bond motifs is 1. The highest BCUT2D eigenvalue weighted by atomic mass is 32.2. The molecule has 0 radical (unpaired) electrons. The van der Waals surface area contributed by atoms with E-state index in [4.69, 9.17) is 14.8 Å². The van der Waals surface area contributed by atoms with Crippen LogP contribution in [0.5, 0.6) is 11.5 Å². The van der Waals surface area contributed by atoms with Gasteiger partial charge in [-0.05, 0) is 52.4 Å². The number of aromatic nitrogens is 2. The normalized spacial score (nSPS) is 14.4. The maximum atomic E-state index is 14.2.